The largest absolute Gasteiger partial charge is 0.445 e. The van der Waals surface area contributed by atoms with Crippen LogP contribution in [0.2, 0.25) is 0 Å². The SMILES string of the molecule is CCCN(CCC)CC(C)OC(=O)N1CCN(C)CC1. The molecule has 1 amide bonds. The van der Waals surface area contributed by atoms with Crippen LogP contribution in [-0.4, -0.2) is 79.8 Å². The summed E-state index contributed by atoms with van der Waals surface area (Å²) in [5, 5.41) is 0. The molecule has 5 nitrogen and oxygen atoms in total. The van der Waals surface area contributed by atoms with Gasteiger partial charge in [0.15, 0.2) is 0 Å². The van der Waals surface area contributed by atoms with E-state index >= 15 is 0 Å². The molecule has 0 radical (unpaired) electrons. The maximum Gasteiger partial charge on any atom is 0.410 e. The molecule has 0 bridgehead atoms. The van der Waals surface area contributed by atoms with Crippen molar-refractivity contribution in [3.05, 3.63) is 0 Å². The van der Waals surface area contributed by atoms with Crippen molar-refractivity contribution in [2.75, 3.05) is 52.9 Å². The molecule has 0 aromatic rings. The Morgan fingerprint density at radius 3 is 2.20 bits per heavy atom. The zero-order valence-corrected chi connectivity index (χ0v) is 13.6. The molecule has 20 heavy (non-hydrogen) atoms. The number of hydrogen-bond acceptors (Lipinski definition) is 4. The van der Waals surface area contributed by atoms with Crippen LogP contribution in [0.5, 0.6) is 0 Å². The highest BCUT2D eigenvalue weighted by Crippen LogP contribution is 2.06. The third-order valence-corrected chi connectivity index (χ3v) is 3.66. The minimum atomic E-state index is -0.154. The van der Waals surface area contributed by atoms with Crippen LogP contribution in [0, 0.1) is 0 Å². The summed E-state index contributed by atoms with van der Waals surface area (Å²) in [6.07, 6.45) is 2.08. The van der Waals surface area contributed by atoms with Gasteiger partial charge >= 0.3 is 6.09 Å². The minimum absolute atomic E-state index is 0.0414. The van der Waals surface area contributed by atoms with Crippen molar-refractivity contribution in [1.82, 2.24) is 14.7 Å². The Bertz CT molecular complexity index is 272. The summed E-state index contributed by atoms with van der Waals surface area (Å²) in [5.74, 6) is 0. The second-order valence-electron chi connectivity index (χ2n) is 5.79. The number of likely N-dealkylation sites (N-methyl/N-ethyl adjacent to an activating group) is 1. The van der Waals surface area contributed by atoms with Crippen LogP contribution in [0.25, 0.3) is 0 Å². The highest BCUT2D eigenvalue weighted by molar-refractivity contribution is 5.67. The van der Waals surface area contributed by atoms with Crippen LogP contribution in [0.15, 0.2) is 0 Å². The molecule has 5 heteroatoms. The van der Waals surface area contributed by atoms with E-state index in [0.29, 0.717) is 0 Å². The van der Waals surface area contributed by atoms with Crippen molar-refractivity contribution in [2.24, 2.45) is 0 Å². The fraction of sp³-hybridized carbons (Fsp3) is 0.933. The Balaban J connectivity index is 2.32. The van der Waals surface area contributed by atoms with Gasteiger partial charge in [-0.15, -0.1) is 0 Å². The van der Waals surface area contributed by atoms with Crippen molar-refractivity contribution < 1.29 is 9.53 Å². The van der Waals surface area contributed by atoms with E-state index in [9.17, 15) is 4.79 Å². The first-order valence-corrected chi connectivity index (χ1v) is 7.93. The maximum atomic E-state index is 12.1. The topological polar surface area (TPSA) is 36.0 Å². The predicted octanol–water partition coefficient (Wildman–Crippen LogP) is 1.88. The molecule has 0 N–H and O–H groups in total. The quantitative estimate of drug-likeness (QED) is 0.715. The second-order valence-corrected chi connectivity index (χ2v) is 5.79. The third kappa shape index (κ3) is 6.09. The molecule has 0 spiro atoms. The van der Waals surface area contributed by atoms with E-state index in [2.05, 4.69) is 30.7 Å². The Morgan fingerprint density at radius 1 is 1.15 bits per heavy atom. The van der Waals surface area contributed by atoms with Gasteiger partial charge in [0.2, 0.25) is 0 Å². The van der Waals surface area contributed by atoms with E-state index in [1.165, 1.54) is 0 Å². The Kier molecular flexibility index (Phi) is 7.92. The predicted molar refractivity (Wildman–Crippen MR) is 82.0 cm³/mol. The number of carbonyl (C=O) groups excluding carboxylic acids is 1. The molecule has 1 rings (SSSR count). The van der Waals surface area contributed by atoms with E-state index < -0.39 is 0 Å². The summed E-state index contributed by atoms with van der Waals surface area (Å²) in [7, 11) is 2.08. The summed E-state index contributed by atoms with van der Waals surface area (Å²) in [4.78, 5) is 18.5. The Hall–Kier alpha value is -0.810. The normalized spacial score (nSPS) is 18.4. The average Bonchev–Trinajstić information content (AvgIpc) is 2.39. The van der Waals surface area contributed by atoms with Crippen molar-refractivity contribution in [1.29, 1.82) is 0 Å². The molecular weight excluding hydrogens is 254 g/mol. The van der Waals surface area contributed by atoms with Crippen LogP contribution in [0.1, 0.15) is 33.6 Å². The number of ether oxygens (including phenoxy) is 1. The number of amides is 1. The lowest BCUT2D eigenvalue weighted by molar-refractivity contribution is 0.0406. The van der Waals surface area contributed by atoms with Crippen molar-refractivity contribution in [3.8, 4) is 0 Å². The van der Waals surface area contributed by atoms with Gasteiger partial charge in [-0.1, -0.05) is 13.8 Å². The van der Waals surface area contributed by atoms with E-state index in [1.807, 2.05) is 11.8 Å². The molecule has 118 valence electrons. The van der Waals surface area contributed by atoms with Gasteiger partial charge in [0.25, 0.3) is 0 Å². The number of hydrogen-bond donors (Lipinski definition) is 0. The van der Waals surface area contributed by atoms with Gasteiger partial charge in [0.05, 0.1) is 0 Å². The molecular formula is C15H31N3O2. The van der Waals surface area contributed by atoms with Crippen LogP contribution in [0.4, 0.5) is 4.79 Å². The molecule has 1 atom stereocenters. The average molecular weight is 285 g/mol. The highest BCUT2D eigenvalue weighted by atomic mass is 16.6. The van der Waals surface area contributed by atoms with Gasteiger partial charge in [-0.05, 0) is 39.9 Å². The number of piperazine rings is 1. The minimum Gasteiger partial charge on any atom is -0.445 e. The molecule has 1 saturated heterocycles. The van der Waals surface area contributed by atoms with E-state index in [-0.39, 0.29) is 12.2 Å². The number of rotatable bonds is 7. The maximum absolute atomic E-state index is 12.1. The Labute approximate surface area is 123 Å². The molecule has 0 aromatic carbocycles. The molecule has 1 aliphatic rings. The van der Waals surface area contributed by atoms with E-state index in [0.717, 1.165) is 58.7 Å². The highest BCUT2D eigenvalue weighted by Gasteiger charge is 2.22. The van der Waals surface area contributed by atoms with Crippen LogP contribution in [-0.2, 0) is 4.74 Å². The lowest BCUT2D eigenvalue weighted by atomic mass is 10.3. The molecule has 0 aromatic heterocycles. The van der Waals surface area contributed by atoms with Crippen molar-refractivity contribution in [2.45, 2.75) is 39.7 Å². The number of carbonyl (C=O) groups is 1. The summed E-state index contributed by atoms with van der Waals surface area (Å²) >= 11 is 0. The zero-order valence-electron chi connectivity index (χ0n) is 13.6. The number of nitrogens with zero attached hydrogens (tertiary/aromatic N) is 3. The molecule has 0 saturated carbocycles. The van der Waals surface area contributed by atoms with Gasteiger partial charge < -0.3 is 14.5 Å². The molecule has 0 aliphatic carbocycles. The fourth-order valence-electron chi connectivity index (χ4n) is 2.56. The van der Waals surface area contributed by atoms with Crippen molar-refractivity contribution in [3.63, 3.8) is 0 Å². The smallest absolute Gasteiger partial charge is 0.410 e. The van der Waals surface area contributed by atoms with Gasteiger partial charge in [-0.25, -0.2) is 4.79 Å². The molecule has 1 heterocycles. The monoisotopic (exact) mass is 285 g/mol. The first kappa shape index (κ1) is 17.2. The summed E-state index contributed by atoms with van der Waals surface area (Å²) < 4.78 is 5.58. The van der Waals surface area contributed by atoms with Crippen LogP contribution >= 0.6 is 0 Å². The van der Waals surface area contributed by atoms with Gasteiger partial charge in [0, 0.05) is 32.7 Å². The van der Waals surface area contributed by atoms with Gasteiger partial charge in [-0.2, -0.15) is 0 Å². The lowest BCUT2D eigenvalue weighted by Gasteiger charge is -2.33. The first-order valence-electron chi connectivity index (χ1n) is 7.93. The summed E-state index contributed by atoms with van der Waals surface area (Å²) in [6, 6.07) is 0. The summed E-state index contributed by atoms with van der Waals surface area (Å²) in [5.41, 5.74) is 0. The van der Waals surface area contributed by atoms with E-state index in [4.69, 9.17) is 4.74 Å². The zero-order chi connectivity index (χ0) is 15.0. The molecule has 1 unspecified atom stereocenters. The molecule has 1 aliphatic heterocycles. The van der Waals surface area contributed by atoms with Crippen molar-refractivity contribution >= 4 is 6.09 Å². The van der Waals surface area contributed by atoms with Gasteiger partial charge in [0.1, 0.15) is 6.10 Å². The molecule has 1 fully saturated rings. The standard InChI is InChI=1S/C15H31N3O2/c1-5-7-17(8-6-2)13-14(3)20-15(19)18-11-9-16(4)10-12-18/h14H,5-13H2,1-4H3. The lowest BCUT2D eigenvalue weighted by Crippen LogP contribution is -2.48. The van der Waals surface area contributed by atoms with Crippen LogP contribution in [0.3, 0.4) is 0 Å². The Morgan fingerprint density at radius 2 is 1.70 bits per heavy atom. The first-order chi connectivity index (χ1) is 9.56. The van der Waals surface area contributed by atoms with Gasteiger partial charge in [-0.3, -0.25) is 4.90 Å². The van der Waals surface area contributed by atoms with Crippen LogP contribution < -0.4 is 0 Å². The fourth-order valence-corrected chi connectivity index (χ4v) is 2.56. The third-order valence-electron chi connectivity index (χ3n) is 3.66. The second kappa shape index (κ2) is 9.19. The summed E-state index contributed by atoms with van der Waals surface area (Å²) in [6.45, 7) is 12.8. The van der Waals surface area contributed by atoms with E-state index in [1.54, 1.807) is 0 Å².